The zero-order valence-corrected chi connectivity index (χ0v) is 13.6. The molecule has 1 heterocycles. The van der Waals surface area contributed by atoms with Crippen molar-refractivity contribution >= 4 is 28.3 Å². The minimum Gasteiger partial charge on any atom is -0.508 e. The molecule has 1 aromatic rings. The molecule has 4 nitrogen and oxygen atoms in total. The van der Waals surface area contributed by atoms with Crippen LogP contribution in [0.3, 0.4) is 0 Å². The van der Waals surface area contributed by atoms with Gasteiger partial charge in [-0.3, -0.25) is 4.90 Å². The van der Waals surface area contributed by atoms with E-state index in [1.54, 1.807) is 4.90 Å². The number of hydrogen-bond donors (Lipinski definition) is 3. The molecule has 1 aliphatic rings. The van der Waals surface area contributed by atoms with Crippen LogP contribution in [-0.4, -0.2) is 53.8 Å². The second-order valence-electron chi connectivity index (χ2n) is 4.81. The Bertz CT molecular complexity index is 473. The van der Waals surface area contributed by atoms with E-state index in [1.807, 2.05) is 0 Å². The minimum atomic E-state index is -3.28. The Morgan fingerprint density at radius 3 is 2.52 bits per heavy atom. The first-order chi connectivity index (χ1) is 9.45. The summed E-state index contributed by atoms with van der Waals surface area (Å²) in [6, 6.07) is 3.02. The lowest BCUT2D eigenvalue weighted by Gasteiger charge is -2.39. The topological polar surface area (TPSA) is 55.7 Å². The summed E-state index contributed by atoms with van der Waals surface area (Å²) in [5.41, 5.74) is 0.283. The first kappa shape index (κ1) is 18.6. The summed E-state index contributed by atoms with van der Waals surface area (Å²) in [5.74, 6) is -3.36. The summed E-state index contributed by atoms with van der Waals surface area (Å²) in [5, 5.41) is 21.7. The average Bonchev–Trinajstić information content (AvgIpc) is 2.44. The van der Waals surface area contributed by atoms with Crippen LogP contribution in [0.2, 0.25) is 0 Å². The first-order valence-electron chi connectivity index (χ1n) is 6.37. The Kier molecular flexibility index (Phi) is 6.80. The predicted molar refractivity (Wildman–Crippen MR) is 82.3 cm³/mol. The molecule has 0 spiro atoms. The van der Waals surface area contributed by atoms with Gasteiger partial charge in [0.2, 0.25) is 0 Å². The number of rotatable bonds is 4. The number of phenols is 1. The van der Waals surface area contributed by atoms with Crippen molar-refractivity contribution in [1.82, 2.24) is 10.2 Å². The highest BCUT2D eigenvalue weighted by Crippen LogP contribution is 2.40. The van der Waals surface area contributed by atoms with Crippen LogP contribution in [-0.2, 0) is 0 Å². The van der Waals surface area contributed by atoms with Gasteiger partial charge in [0, 0.05) is 30.7 Å². The molecule has 1 aliphatic heterocycles. The molecule has 21 heavy (non-hydrogen) atoms. The SMILES string of the molecule is Cl.OCC(F)(F)[C@H](c1cc(O)ccc1Br)N1CCNCC1. The summed E-state index contributed by atoms with van der Waals surface area (Å²) >= 11 is 3.25. The van der Waals surface area contributed by atoms with Gasteiger partial charge in [-0.1, -0.05) is 15.9 Å². The number of aromatic hydroxyl groups is 1. The third-order valence-electron chi connectivity index (χ3n) is 3.40. The molecule has 2 rings (SSSR count). The van der Waals surface area contributed by atoms with E-state index >= 15 is 0 Å². The monoisotopic (exact) mass is 386 g/mol. The average molecular weight is 388 g/mol. The van der Waals surface area contributed by atoms with E-state index in [0.29, 0.717) is 30.7 Å². The van der Waals surface area contributed by atoms with Crippen LogP contribution >= 0.6 is 28.3 Å². The summed E-state index contributed by atoms with van der Waals surface area (Å²) in [4.78, 5) is 1.63. The van der Waals surface area contributed by atoms with Gasteiger partial charge in [-0.2, -0.15) is 0 Å². The van der Waals surface area contributed by atoms with Gasteiger partial charge in [-0.25, -0.2) is 8.78 Å². The Morgan fingerprint density at radius 2 is 1.95 bits per heavy atom. The van der Waals surface area contributed by atoms with Gasteiger partial charge < -0.3 is 15.5 Å². The zero-order valence-electron chi connectivity index (χ0n) is 11.2. The van der Waals surface area contributed by atoms with E-state index in [-0.39, 0.29) is 23.7 Å². The van der Waals surface area contributed by atoms with Crippen molar-refractivity contribution in [3.63, 3.8) is 0 Å². The molecule has 0 bridgehead atoms. The largest absolute Gasteiger partial charge is 0.508 e. The lowest BCUT2D eigenvalue weighted by Crippen LogP contribution is -2.51. The minimum absolute atomic E-state index is 0. The molecule has 0 aliphatic carbocycles. The Hall–Kier alpha value is -0.470. The Labute approximate surface area is 136 Å². The number of alkyl halides is 2. The summed E-state index contributed by atoms with van der Waals surface area (Å²) in [7, 11) is 0. The standard InChI is InChI=1S/C13H17BrF2N2O2.ClH/c14-11-2-1-9(20)7-10(11)12(13(15,16)8-19)18-5-3-17-4-6-18;/h1-2,7,12,17,19-20H,3-6,8H2;1H/t12-;/m0./s1. The summed E-state index contributed by atoms with van der Waals surface area (Å²) in [6.45, 7) is 0.928. The van der Waals surface area contributed by atoms with Crippen LogP contribution in [0.15, 0.2) is 22.7 Å². The van der Waals surface area contributed by atoms with E-state index in [2.05, 4.69) is 21.2 Å². The molecule has 8 heteroatoms. The van der Waals surface area contributed by atoms with Gasteiger partial charge in [0.1, 0.15) is 18.4 Å². The van der Waals surface area contributed by atoms with Gasteiger partial charge in [0.25, 0.3) is 5.92 Å². The van der Waals surface area contributed by atoms with Crippen LogP contribution < -0.4 is 5.32 Å². The van der Waals surface area contributed by atoms with Gasteiger partial charge in [0.05, 0.1) is 0 Å². The van der Waals surface area contributed by atoms with E-state index in [4.69, 9.17) is 5.11 Å². The number of aliphatic hydroxyl groups is 1. The molecule has 1 aromatic carbocycles. The molecule has 1 saturated heterocycles. The zero-order chi connectivity index (χ0) is 14.8. The number of halogens is 4. The van der Waals surface area contributed by atoms with Crippen molar-refractivity contribution in [2.24, 2.45) is 0 Å². The van der Waals surface area contributed by atoms with Crippen molar-refractivity contribution in [2.45, 2.75) is 12.0 Å². The van der Waals surface area contributed by atoms with E-state index in [0.717, 1.165) is 0 Å². The number of nitrogens with one attached hydrogen (secondary N) is 1. The molecule has 120 valence electrons. The molecule has 0 radical (unpaired) electrons. The van der Waals surface area contributed by atoms with Crippen molar-refractivity contribution < 1.29 is 19.0 Å². The number of nitrogens with zero attached hydrogens (tertiary/aromatic N) is 1. The lowest BCUT2D eigenvalue weighted by molar-refractivity contribution is -0.118. The highest BCUT2D eigenvalue weighted by molar-refractivity contribution is 9.10. The van der Waals surface area contributed by atoms with Gasteiger partial charge in [-0.05, 0) is 23.8 Å². The third kappa shape index (κ3) is 4.26. The van der Waals surface area contributed by atoms with Crippen molar-refractivity contribution in [3.05, 3.63) is 28.2 Å². The second kappa shape index (κ2) is 7.69. The van der Waals surface area contributed by atoms with E-state index in [1.165, 1.54) is 18.2 Å². The van der Waals surface area contributed by atoms with Gasteiger partial charge >= 0.3 is 0 Å². The van der Waals surface area contributed by atoms with Crippen molar-refractivity contribution in [1.29, 1.82) is 0 Å². The molecule has 0 aromatic heterocycles. The summed E-state index contributed by atoms with van der Waals surface area (Å²) < 4.78 is 28.9. The molecular formula is C13H18BrClF2N2O2. The highest BCUT2D eigenvalue weighted by atomic mass is 79.9. The number of aliphatic hydroxyl groups excluding tert-OH is 1. The number of benzene rings is 1. The molecule has 1 fully saturated rings. The Balaban J connectivity index is 0.00000220. The van der Waals surface area contributed by atoms with Crippen molar-refractivity contribution in [3.8, 4) is 5.75 Å². The molecule has 0 amide bonds. The molecule has 0 saturated carbocycles. The number of piperazine rings is 1. The fourth-order valence-electron chi connectivity index (χ4n) is 2.46. The smallest absolute Gasteiger partial charge is 0.289 e. The molecule has 3 N–H and O–H groups in total. The van der Waals surface area contributed by atoms with Crippen LogP contribution in [0.5, 0.6) is 5.75 Å². The molecule has 0 unspecified atom stereocenters. The maximum atomic E-state index is 14.2. The molecular weight excluding hydrogens is 370 g/mol. The Morgan fingerprint density at radius 1 is 1.33 bits per heavy atom. The second-order valence-corrected chi connectivity index (χ2v) is 5.67. The maximum Gasteiger partial charge on any atom is 0.289 e. The van der Waals surface area contributed by atoms with Crippen LogP contribution in [0, 0.1) is 0 Å². The van der Waals surface area contributed by atoms with E-state index in [9.17, 15) is 13.9 Å². The van der Waals surface area contributed by atoms with E-state index < -0.39 is 18.6 Å². The van der Waals surface area contributed by atoms with Gasteiger partial charge in [-0.15, -0.1) is 12.4 Å². The quantitative estimate of drug-likeness (QED) is 0.741. The maximum absolute atomic E-state index is 14.2. The van der Waals surface area contributed by atoms with Crippen LogP contribution in [0.4, 0.5) is 8.78 Å². The van der Waals surface area contributed by atoms with Crippen LogP contribution in [0.1, 0.15) is 11.6 Å². The first-order valence-corrected chi connectivity index (χ1v) is 7.17. The molecule has 1 atom stereocenters. The predicted octanol–water partition coefficient (Wildman–Crippen LogP) is 2.15. The fourth-order valence-corrected chi connectivity index (χ4v) is 2.92. The number of hydrogen-bond acceptors (Lipinski definition) is 4. The van der Waals surface area contributed by atoms with Gasteiger partial charge in [0.15, 0.2) is 0 Å². The fraction of sp³-hybridized carbons (Fsp3) is 0.538. The third-order valence-corrected chi connectivity index (χ3v) is 4.12. The van der Waals surface area contributed by atoms with Crippen molar-refractivity contribution in [2.75, 3.05) is 32.8 Å². The summed E-state index contributed by atoms with van der Waals surface area (Å²) in [6.07, 6.45) is 0. The van der Waals surface area contributed by atoms with Crippen LogP contribution in [0.25, 0.3) is 0 Å². The lowest BCUT2D eigenvalue weighted by atomic mass is 9.98. The number of phenolic OH excluding ortho intramolecular Hbond substituents is 1. The normalized spacial score (nSPS) is 18.1. The highest BCUT2D eigenvalue weighted by Gasteiger charge is 2.44.